The quantitative estimate of drug-likeness (QED) is 0.166. The first-order valence-electron chi connectivity index (χ1n) is 22.5. The maximum atomic E-state index is 15.0. The first-order valence-corrected chi connectivity index (χ1v) is 25.9. The summed E-state index contributed by atoms with van der Waals surface area (Å²) in [6, 6.07) is 15.0. The lowest BCUT2D eigenvalue weighted by Gasteiger charge is -2.39. The third-order valence-electron chi connectivity index (χ3n) is 11.9. The van der Waals surface area contributed by atoms with Crippen molar-refractivity contribution in [1.82, 2.24) is 29.7 Å². The number of ether oxygens (including phenoxy) is 2. The Bertz CT molecular complexity index is 3200. The fourth-order valence-corrected chi connectivity index (χ4v) is 12.3. The third kappa shape index (κ3) is 9.86. The molecule has 1 saturated heterocycles. The Hall–Kier alpha value is -5.82. The van der Waals surface area contributed by atoms with Crippen molar-refractivity contribution in [1.29, 1.82) is 0 Å². The van der Waals surface area contributed by atoms with Crippen LogP contribution in [0.5, 0.6) is 0 Å². The average Bonchev–Trinajstić information content (AvgIpc) is 4.12. The molecule has 12 nitrogen and oxygen atoms in total. The van der Waals surface area contributed by atoms with E-state index in [9.17, 15) is 18.4 Å². The summed E-state index contributed by atoms with van der Waals surface area (Å²) in [6.45, 7) is 16.7. The number of halogens is 2. The van der Waals surface area contributed by atoms with E-state index in [-0.39, 0.29) is 41.8 Å². The number of benzene rings is 2. The number of piperidine rings is 1. The Labute approximate surface area is 409 Å². The molecule has 8 aromatic rings. The Morgan fingerprint density at radius 3 is 1.81 bits per heavy atom. The van der Waals surface area contributed by atoms with Crippen LogP contribution in [-0.2, 0) is 9.47 Å². The molecule has 0 bridgehead atoms. The highest BCUT2D eigenvalue weighted by molar-refractivity contribution is 7.20. The van der Waals surface area contributed by atoms with E-state index < -0.39 is 11.2 Å². The highest BCUT2D eigenvalue weighted by atomic mass is 32.1. The van der Waals surface area contributed by atoms with Crippen LogP contribution in [0.15, 0.2) is 78.0 Å². The number of hydrogen-bond acceptors (Lipinski definition) is 14. The van der Waals surface area contributed by atoms with Gasteiger partial charge in [-0.05, 0) is 129 Å². The van der Waals surface area contributed by atoms with Crippen LogP contribution in [0, 0.1) is 11.6 Å². The highest BCUT2D eigenvalue weighted by Crippen LogP contribution is 2.42. The second-order valence-electron chi connectivity index (χ2n) is 18.9. The topological polar surface area (TPSA) is 135 Å². The summed E-state index contributed by atoms with van der Waals surface area (Å²) in [4.78, 5) is 50.5. The van der Waals surface area contributed by atoms with Crippen LogP contribution in [0.2, 0.25) is 0 Å². The van der Waals surface area contributed by atoms with E-state index in [4.69, 9.17) is 9.47 Å². The minimum Gasteiger partial charge on any atom is -0.444 e. The van der Waals surface area contributed by atoms with Crippen molar-refractivity contribution in [3.05, 3.63) is 99.4 Å². The molecule has 0 saturated carbocycles. The van der Waals surface area contributed by atoms with Crippen molar-refractivity contribution in [3.63, 3.8) is 0 Å². The largest absolute Gasteiger partial charge is 0.444 e. The Kier molecular flexibility index (Phi) is 13.2. The van der Waals surface area contributed by atoms with Crippen molar-refractivity contribution >= 4 is 127 Å². The number of pyridine rings is 2. The number of carbonyl (C=O) groups excluding carboxylic acids is 2. The Morgan fingerprint density at radius 2 is 1.24 bits per heavy atom. The van der Waals surface area contributed by atoms with Gasteiger partial charge in [-0.15, -0.1) is 45.3 Å². The van der Waals surface area contributed by atoms with Crippen molar-refractivity contribution in [3.8, 4) is 0 Å². The smallest absolute Gasteiger partial charge is 0.410 e. The highest BCUT2D eigenvalue weighted by Gasteiger charge is 2.36. The molecule has 2 aromatic carbocycles. The van der Waals surface area contributed by atoms with Crippen molar-refractivity contribution in [2.24, 2.45) is 0 Å². The van der Waals surface area contributed by atoms with Gasteiger partial charge in [0, 0.05) is 58.0 Å². The van der Waals surface area contributed by atoms with E-state index in [1.165, 1.54) is 27.6 Å². The number of anilines is 4. The van der Waals surface area contributed by atoms with Gasteiger partial charge in [-0.25, -0.2) is 38.3 Å². The minimum absolute atomic E-state index is 0.0117. The summed E-state index contributed by atoms with van der Waals surface area (Å²) in [5.41, 5.74) is 6.38. The molecule has 18 heteroatoms. The van der Waals surface area contributed by atoms with E-state index in [2.05, 4.69) is 55.7 Å². The summed E-state index contributed by atoms with van der Waals surface area (Å²) < 4.78 is 42.9. The molecule has 3 atom stereocenters. The second kappa shape index (κ2) is 18.9. The number of hydrogen-bond donors (Lipinski definition) is 2. The normalized spacial score (nSPS) is 17.9. The monoisotopic (exact) mass is 994 g/mol. The molecule has 68 heavy (non-hydrogen) atoms. The number of nitrogens with one attached hydrogen (secondary N) is 2. The van der Waals surface area contributed by atoms with E-state index >= 15 is 0 Å². The fraction of sp³-hybridized carbons (Fsp3) is 0.360. The van der Waals surface area contributed by atoms with Gasteiger partial charge in [-0.2, -0.15) is 0 Å². The molecule has 6 aromatic heterocycles. The van der Waals surface area contributed by atoms with Crippen LogP contribution in [0.3, 0.4) is 0 Å². The van der Waals surface area contributed by atoms with Gasteiger partial charge >= 0.3 is 12.2 Å². The summed E-state index contributed by atoms with van der Waals surface area (Å²) in [5.74, 6) is -0.528. The molecule has 0 spiro atoms. The summed E-state index contributed by atoms with van der Waals surface area (Å²) in [7, 11) is 0. The number of thiazole rings is 2. The first-order chi connectivity index (χ1) is 32.4. The van der Waals surface area contributed by atoms with Crippen LogP contribution >= 0.6 is 45.3 Å². The number of likely N-dealkylation sites (tertiary alicyclic amines) is 1. The van der Waals surface area contributed by atoms with Gasteiger partial charge in [0.2, 0.25) is 0 Å². The van der Waals surface area contributed by atoms with Gasteiger partial charge < -0.3 is 29.9 Å². The lowest BCUT2D eigenvalue weighted by atomic mass is 9.89. The zero-order valence-corrected chi connectivity index (χ0v) is 42.2. The van der Waals surface area contributed by atoms with Gasteiger partial charge in [-0.1, -0.05) is 6.08 Å². The van der Waals surface area contributed by atoms with Crippen LogP contribution < -0.4 is 10.6 Å². The van der Waals surface area contributed by atoms with E-state index in [0.29, 0.717) is 35.5 Å². The van der Waals surface area contributed by atoms with E-state index in [0.717, 1.165) is 70.9 Å². The molecule has 354 valence electrons. The number of nitrogens with zero attached hydrogens (tertiary/aromatic N) is 6. The first kappa shape index (κ1) is 47.3. The van der Waals surface area contributed by atoms with Crippen molar-refractivity contribution in [2.45, 2.75) is 104 Å². The number of aromatic nitrogens is 4. The Morgan fingerprint density at radius 1 is 0.691 bits per heavy atom. The molecule has 0 aliphatic carbocycles. The number of carbonyl (C=O) groups is 2. The van der Waals surface area contributed by atoms with Gasteiger partial charge in [0.25, 0.3) is 0 Å². The average molecular weight is 995 g/mol. The lowest BCUT2D eigenvalue weighted by molar-refractivity contribution is 0.00901. The molecule has 0 radical (unpaired) electrons. The lowest BCUT2D eigenvalue weighted by Crippen LogP contribution is -2.47. The summed E-state index contributed by atoms with van der Waals surface area (Å²) in [6.07, 6.45) is 7.73. The molecular weight excluding hydrogens is 943 g/mol. The van der Waals surface area contributed by atoms with Gasteiger partial charge in [0.15, 0.2) is 11.6 Å². The summed E-state index contributed by atoms with van der Waals surface area (Å²) >= 11 is 6.03. The van der Waals surface area contributed by atoms with Crippen molar-refractivity contribution < 1.29 is 27.8 Å². The maximum absolute atomic E-state index is 15.0. The molecular formula is C50H52F2N8O4S4. The molecule has 2 aliphatic heterocycles. The number of fused-ring (bicyclic) bond motifs is 4. The molecule has 2 N–H and O–H groups in total. The maximum Gasteiger partial charge on any atom is 0.410 e. The fourth-order valence-electron chi connectivity index (χ4n) is 8.59. The molecule has 2 aliphatic rings. The van der Waals surface area contributed by atoms with Crippen molar-refractivity contribution in [2.75, 3.05) is 23.7 Å². The molecule has 1 fully saturated rings. The predicted octanol–water partition coefficient (Wildman–Crippen LogP) is 14.5. The molecule has 8 heterocycles. The number of rotatable bonds is 6. The second-order valence-corrected chi connectivity index (χ2v) is 22.7. The van der Waals surface area contributed by atoms with Gasteiger partial charge in [-0.3, -0.25) is 0 Å². The van der Waals surface area contributed by atoms with Gasteiger partial charge in [0.05, 0.1) is 49.2 Å². The van der Waals surface area contributed by atoms with Crippen LogP contribution in [-0.4, -0.2) is 78.3 Å². The van der Waals surface area contributed by atoms with Gasteiger partial charge in [0.1, 0.15) is 31.9 Å². The van der Waals surface area contributed by atoms with Crippen LogP contribution in [0.25, 0.3) is 46.4 Å². The van der Waals surface area contributed by atoms with Crippen LogP contribution in [0.1, 0.15) is 90.3 Å². The molecule has 10 rings (SSSR count). The zero-order valence-electron chi connectivity index (χ0n) is 39.0. The van der Waals surface area contributed by atoms with E-state index in [1.54, 1.807) is 63.1 Å². The predicted molar refractivity (Wildman–Crippen MR) is 274 cm³/mol. The van der Waals surface area contributed by atoms with E-state index in [1.807, 2.05) is 77.6 Å². The molecule has 1 unspecified atom stereocenters. The van der Waals surface area contributed by atoms with Crippen LogP contribution in [0.4, 0.5) is 41.1 Å². The zero-order chi connectivity index (χ0) is 48.1. The SMILES string of the molecule is C[C@@H]1C(c2cc3c(Nc4ccc5scnc5c4F)ccnc3s2)=CCCN1C(=O)OC(C)(C)C.C[C@@H]1C(c2cc3c(Nc4ccc5scnc5c4F)ccnc3s2)CCCN1C(=O)OC(C)(C)C. The minimum atomic E-state index is -0.545. The molecule has 2 amide bonds. The Balaban J connectivity index is 0.000000170. The number of thiophene rings is 2. The third-order valence-corrected chi connectivity index (χ3v) is 15.7. The summed E-state index contributed by atoms with van der Waals surface area (Å²) in [5, 5.41) is 8.33. The standard InChI is InChI=1S/C25H27FN4O2S2.C25H25FN4O2S2/c2*1-14-15(6-5-11-30(14)24(31)32-25(2,3)4)20-12-16-17(9-10-27-23(16)34-20)29-18-7-8-19-22(21(18)26)28-13-33-19/h7-10,12-15H,5-6,11H2,1-4H3,(H,27,29);6-10,12-14H,5,11H2,1-4H3,(H,27,29)/t14-,15?;14-/m11/s1. The number of amides is 2.